The molecule has 0 radical (unpaired) electrons. The lowest BCUT2D eigenvalue weighted by atomic mass is 9.98. The molecule has 0 amide bonds. The largest absolute Gasteiger partial charge is 0.508 e. The topological polar surface area (TPSA) is 29.5 Å². The molecule has 0 bridgehead atoms. The van der Waals surface area contributed by atoms with E-state index in [2.05, 4.69) is 72.8 Å². The Morgan fingerprint density at radius 2 is 1.20 bits per heavy atom. The first-order valence-corrected chi connectivity index (χ1v) is 11.4. The Morgan fingerprint density at radius 3 is 1.77 bits per heavy atom. The normalized spacial score (nSPS) is 13.6. The molecule has 2 nitrogen and oxygen atoms in total. The molecule has 1 heterocycles. The van der Waals surface area contributed by atoms with Gasteiger partial charge in [-0.25, -0.2) is 0 Å². The number of rotatable bonds is 4. The van der Waals surface area contributed by atoms with E-state index in [4.69, 9.17) is 4.74 Å². The van der Waals surface area contributed by atoms with Crippen molar-refractivity contribution in [1.82, 2.24) is 0 Å². The Hall–Kier alpha value is -3.17. The summed E-state index contributed by atoms with van der Waals surface area (Å²) < 4.78 is 6.31. The highest BCUT2D eigenvalue weighted by molar-refractivity contribution is 8.17. The van der Waals surface area contributed by atoms with E-state index in [1.54, 1.807) is 12.1 Å². The van der Waals surface area contributed by atoms with Crippen molar-refractivity contribution in [1.29, 1.82) is 0 Å². The summed E-state index contributed by atoms with van der Waals surface area (Å²) in [7, 11) is -0.548. The van der Waals surface area contributed by atoms with Crippen LogP contribution in [0.4, 0.5) is 0 Å². The van der Waals surface area contributed by atoms with Crippen molar-refractivity contribution < 1.29 is 9.84 Å². The van der Waals surface area contributed by atoms with Crippen molar-refractivity contribution in [3.05, 3.63) is 103 Å². The maximum absolute atomic E-state index is 9.55. The summed E-state index contributed by atoms with van der Waals surface area (Å²) in [6.45, 7) is 4.08. The molecule has 0 unspecified atom stereocenters. The summed E-state index contributed by atoms with van der Waals surface area (Å²) in [6, 6.07) is 33.2. The molecule has 4 aromatic carbocycles. The fraction of sp³-hybridized carbons (Fsp3) is 0.111. The third-order valence-corrected chi connectivity index (χ3v) is 8.17. The molecule has 5 rings (SSSR count). The van der Waals surface area contributed by atoms with E-state index in [-0.39, 0.29) is 5.75 Å². The Bertz CT molecular complexity index is 1150. The molecule has 0 spiro atoms. The van der Waals surface area contributed by atoms with Crippen LogP contribution in [0.25, 0.3) is 11.1 Å². The number of hydrogen-bond donors (Lipinski definition) is 2. The highest BCUT2D eigenvalue weighted by Crippen LogP contribution is 2.62. The molecular formula is C27H24O2S. The van der Waals surface area contributed by atoms with Gasteiger partial charge in [0, 0.05) is 9.79 Å². The van der Waals surface area contributed by atoms with E-state index in [0.717, 1.165) is 11.3 Å². The fourth-order valence-corrected chi connectivity index (χ4v) is 6.69. The van der Waals surface area contributed by atoms with Gasteiger partial charge in [-0.1, -0.05) is 48.5 Å². The van der Waals surface area contributed by atoms with Crippen molar-refractivity contribution in [3.8, 4) is 22.6 Å². The Kier molecular flexibility index (Phi) is 4.56. The molecule has 1 N–H and O–H groups in total. The first-order valence-electron chi connectivity index (χ1n) is 10.1. The lowest BCUT2D eigenvalue weighted by Crippen LogP contribution is -2.25. The van der Waals surface area contributed by atoms with E-state index < -0.39 is 16.5 Å². The molecule has 0 aromatic heterocycles. The molecule has 30 heavy (non-hydrogen) atoms. The van der Waals surface area contributed by atoms with Gasteiger partial charge in [0.15, 0.2) is 0 Å². The first-order chi connectivity index (χ1) is 14.5. The number of aromatic hydroxyl groups is 1. The van der Waals surface area contributed by atoms with Crippen LogP contribution in [0, 0.1) is 0 Å². The van der Waals surface area contributed by atoms with E-state index >= 15 is 0 Å². The minimum atomic E-state index is -0.548. The summed E-state index contributed by atoms with van der Waals surface area (Å²) in [4.78, 5) is 4.18. The molecule has 0 saturated carbocycles. The molecular weight excluding hydrogens is 388 g/mol. The molecule has 0 saturated heterocycles. The average molecular weight is 413 g/mol. The first kappa shape index (κ1) is 18.8. The summed E-state index contributed by atoms with van der Waals surface area (Å²) in [5.41, 5.74) is 3.24. The van der Waals surface area contributed by atoms with E-state index in [9.17, 15) is 5.11 Å². The van der Waals surface area contributed by atoms with Crippen LogP contribution in [0.1, 0.15) is 19.4 Å². The highest BCUT2D eigenvalue weighted by Gasteiger charge is 2.27. The van der Waals surface area contributed by atoms with Crippen LogP contribution in [0.2, 0.25) is 0 Å². The Balaban J connectivity index is 1.45. The quantitative estimate of drug-likeness (QED) is 0.307. The van der Waals surface area contributed by atoms with Gasteiger partial charge in [0.2, 0.25) is 0 Å². The Labute approximate surface area is 180 Å². The van der Waals surface area contributed by atoms with Gasteiger partial charge in [0.1, 0.15) is 17.1 Å². The number of fused-ring (bicyclic) bond motifs is 3. The van der Waals surface area contributed by atoms with Gasteiger partial charge in [-0.15, -0.1) is 0 Å². The fourth-order valence-electron chi connectivity index (χ4n) is 4.08. The van der Waals surface area contributed by atoms with Crippen LogP contribution >= 0.6 is 10.9 Å². The van der Waals surface area contributed by atoms with Crippen LogP contribution < -0.4 is 4.74 Å². The van der Waals surface area contributed by atoms with Crippen LogP contribution in [0.3, 0.4) is 0 Å². The molecule has 1 aliphatic rings. The SMILES string of the molecule is CC(C)(Oc1ccc([SH]2c3ccccc3-c3ccccc32)cc1)c1ccc(O)cc1. The van der Waals surface area contributed by atoms with Crippen molar-refractivity contribution in [2.75, 3.05) is 0 Å². The number of phenols is 1. The van der Waals surface area contributed by atoms with Crippen molar-refractivity contribution >= 4 is 10.9 Å². The second-order valence-corrected chi connectivity index (χ2v) is 10.2. The van der Waals surface area contributed by atoms with Gasteiger partial charge in [0.25, 0.3) is 0 Å². The number of hydrogen-bond acceptors (Lipinski definition) is 2. The van der Waals surface area contributed by atoms with Gasteiger partial charge in [-0.2, -0.15) is 10.9 Å². The number of thiol groups is 1. The minimum absolute atomic E-state index is 0.262. The number of benzene rings is 4. The van der Waals surface area contributed by atoms with Crippen molar-refractivity contribution in [3.63, 3.8) is 0 Å². The van der Waals surface area contributed by atoms with Crippen LogP contribution in [-0.2, 0) is 5.60 Å². The molecule has 0 fully saturated rings. The number of phenolic OH excluding ortho intramolecular Hbond substituents is 1. The van der Waals surface area contributed by atoms with Crippen LogP contribution in [-0.4, -0.2) is 5.11 Å². The lowest BCUT2D eigenvalue weighted by molar-refractivity contribution is 0.108. The number of ether oxygens (including phenoxy) is 1. The second-order valence-electron chi connectivity index (χ2n) is 8.02. The monoisotopic (exact) mass is 412 g/mol. The minimum Gasteiger partial charge on any atom is -0.508 e. The lowest BCUT2D eigenvalue weighted by Gasteiger charge is -2.27. The van der Waals surface area contributed by atoms with E-state index in [1.165, 1.54) is 25.8 Å². The third kappa shape index (κ3) is 3.25. The Morgan fingerprint density at radius 1 is 0.667 bits per heavy atom. The maximum Gasteiger partial charge on any atom is 0.128 e. The molecule has 150 valence electrons. The standard InChI is InChI=1S/C27H24O2S/c1-27(2,19-11-13-20(28)14-12-19)29-21-15-17-22(18-16-21)30-25-9-5-3-7-23(25)24-8-4-6-10-26(24)30/h3-18,28,30H,1-2H3. The van der Waals surface area contributed by atoms with Gasteiger partial charge in [0.05, 0.1) is 0 Å². The zero-order valence-electron chi connectivity index (χ0n) is 17.0. The third-order valence-electron chi connectivity index (χ3n) is 5.61. The maximum atomic E-state index is 9.55. The summed E-state index contributed by atoms with van der Waals surface area (Å²) >= 11 is 0. The smallest absolute Gasteiger partial charge is 0.128 e. The van der Waals surface area contributed by atoms with E-state index in [1.807, 2.05) is 26.0 Å². The van der Waals surface area contributed by atoms with Gasteiger partial charge in [-0.05, 0) is 84.0 Å². The second kappa shape index (κ2) is 7.26. The summed E-state index contributed by atoms with van der Waals surface area (Å²) in [5, 5.41) is 9.55. The zero-order valence-corrected chi connectivity index (χ0v) is 17.9. The van der Waals surface area contributed by atoms with Gasteiger partial charge >= 0.3 is 0 Å². The zero-order chi connectivity index (χ0) is 20.7. The van der Waals surface area contributed by atoms with Gasteiger partial charge < -0.3 is 9.84 Å². The predicted molar refractivity (Wildman–Crippen MR) is 124 cm³/mol. The summed E-state index contributed by atoms with van der Waals surface area (Å²) in [5.74, 6) is 1.10. The van der Waals surface area contributed by atoms with Crippen molar-refractivity contribution in [2.45, 2.75) is 34.1 Å². The van der Waals surface area contributed by atoms with E-state index in [0.29, 0.717) is 0 Å². The van der Waals surface area contributed by atoms with Crippen LogP contribution in [0.5, 0.6) is 11.5 Å². The molecule has 4 aromatic rings. The summed E-state index contributed by atoms with van der Waals surface area (Å²) in [6.07, 6.45) is 0. The average Bonchev–Trinajstić information content (AvgIpc) is 3.09. The van der Waals surface area contributed by atoms with Crippen molar-refractivity contribution in [2.24, 2.45) is 0 Å². The molecule has 0 atom stereocenters. The van der Waals surface area contributed by atoms with Crippen LogP contribution in [0.15, 0.2) is 112 Å². The molecule has 3 heteroatoms. The molecule has 0 aliphatic carbocycles. The van der Waals surface area contributed by atoms with Gasteiger partial charge in [-0.3, -0.25) is 0 Å². The molecule has 1 aliphatic heterocycles. The highest BCUT2D eigenvalue weighted by atomic mass is 32.2. The predicted octanol–water partition coefficient (Wildman–Crippen LogP) is 7.17.